The zero-order chi connectivity index (χ0) is 13.8. The second-order valence-electron chi connectivity index (χ2n) is 5.41. The van der Waals surface area contributed by atoms with Crippen molar-refractivity contribution in [1.82, 2.24) is 5.32 Å². The van der Waals surface area contributed by atoms with E-state index in [1.807, 2.05) is 12.1 Å². The van der Waals surface area contributed by atoms with Crippen LogP contribution in [-0.2, 0) is 0 Å². The van der Waals surface area contributed by atoms with E-state index in [-0.39, 0.29) is 5.91 Å². The highest BCUT2D eigenvalue weighted by molar-refractivity contribution is 14.1. The Balaban J connectivity index is 1.98. The van der Waals surface area contributed by atoms with Gasteiger partial charge in [-0.1, -0.05) is 31.4 Å². The van der Waals surface area contributed by atoms with Crippen LogP contribution in [-0.4, -0.2) is 11.9 Å². The third-order valence-corrected chi connectivity index (χ3v) is 5.35. The number of rotatable bonds is 2. The van der Waals surface area contributed by atoms with Crippen molar-refractivity contribution in [2.24, 2.45) is 5.92 Å². The molecular formula is C15H19ClINO. The molecule has 0 aromatic heterocycles. The van der Waals surface area contributed by atoms with Crippen LogP contribution < -0.4 is 5.32 Å². The third kappa shape index (κ3) is 4.35. The standard InChI is InChI=1S/C15H19ClINO/c1-10-3-2-4-12(7-5-10)18-15(19)11-6-8-14(17)13(16)9-11/h6,8-10,12H,2-5,7H2,1H3,(H,18,19). The molecular weight excluding hydrogens is 373 g/mol. The highest BCUT2D eigenvalue weighted by Gasteiger charge is 2.18. The monoisotopic (exact) mass is 391 g/mol. The van der Waals surface area contributed by atoms with Gasteiger partial charge in [-0.3, -0.25) is 4.79 Å². The zero-order valence-corrected chi connectivity index (χ0v) is 14.0. The lowest BCUT2D eigenvalue weighted by molar-refractivity contribution is 0.0933. The molecule has 0 heterocycles. The van der Waals surface area contributed by atoms with Crippen molar-refractivity contribution < 1.29 is 4.79 Å². The first-order valence-electron chi connectivity index (χ1n) is 6.82. The lowest BCUT2D eigenvalue weighted by atomic mass is 10.0. The van der Waals surface area contributed by atoms with Crippen molar-refractivity contribution in [2.75, 3.05) is 0 Å². The molecule has 2 nitrogen and oxygen atoms in total. The van der Waals surface area contributed by atoms with Crippen LogP contribution in [0.3, 0.4) is 0 Å². The van der Waals surface area contributed by atoms with Gasteiger partial charge in [0.25, 0.3) is 5.91 Å². The minimum atomic E-state index is -0.00199. The van der Waals surface area contributed by atoms with Gasteiger partial charge in [0, 0.05) is 15.2 Å². The number of hydrogen-bond donors (Lipinski definition) is 1. The predicted molar refractivity (Wildman–Crippen MR) is 87.7 cm³/mol. The van der Waals surface area contributed by atoms with Crippen molar-refractivity contribution >= 4 is 40.1 Å². The van der Waals surface area contributed by atoms with Crippen LogP contribution in [0.1, 0.15) is 49.4 Å². The lowest BCUT2D eigenvalue weighted by Crippen LogP contribution is -2.34. The van der Waals surface area contributed by atoms with Crippen molar-refractivity contribution in [3.8, 4) is 0 Å². The van der Waals surface area contributed by atoms with Gasteiger partial charge in [-0.15, -0.1) is 0 Å². The van der Waals surface area contributed by atoms with Crippen LogP contribution >= 0.6 is 34.2 Å². The van der Waals surface area contributed by atoms with E-state index >= 15 is 0 Å². The van der Waals surface area contributed by atoms with Gasteiger partial charge in [0.15, 0.2) is 0 Å². The Morgan fingerprint density at radius 3 is 2.84 bits per heavy atom. The molecule has 1 aliphatic carbocycles. The zero-order valence-electron chi connectivity index (χ0n) is 11.1. The molecule has 2 rings (SSSR count). The molecule has 1 fully saturated rings. The third-order valence-electron chi connectivity index (χ3n) is 3.77. The second kappa shape index (κ2) is 6.93. The van der Waals surface area contributed by atoms with E-state index in [9.17, 15) is 4.79 Å². The summed E-state index contributed by atoms with van der Waals surface area (Å²) in [4.78, 5) is 12.2. The van der Waals surface area contributed by atoms with Crippen LogP contribution in [0.5, 0.6) is 0 Å². The van der Waals surface area contributed by atoms with E-state index in [0.29, 0.717) is 16.6 Å². The Labute approximate surface area is 133 Å². The maximum absolute atomic E-state index is 12.2. The Hall–Kier alpha value is -0.290. The molecule has 1 aliphatic rings. The van der Waals surface area contributed by atoms with Crippen LogP contribution in [0.15, 0.2) is 18.2 Å². The minimum absolute atomic E-state index is 0.00199. The molecule has 0 radical (unpaired) electrons. The highest BCUT2D eigenvalue weighted by Crippen LogP contribution is 2.23. The number of halogens is 2. The van der Waals surface area contributed by atoms with Crippen molar-refractivity contribution in [2.45, 2.75) is 45.1 Å². The largest absolute Gasteiger partial charge is 0.349 e. The van der Waals surface area contributed by atoms with E-state index < -0.39 is 0 Å². The topological polar surface area (TPSA) is 29.1 Å². The number of benzene rings is 1. The second-order valence-corrected chi connectivity index (χ2v) is 6.98. The normalized spacial score (nSPS) is 23.7. The van der Waals surface area contributed by atoms with Crippen LogP contribution in [0.25, 0.3) is 0 Å². The molecule has 0 bridgehead atoms. The summed E-state index contributed by atoms with van der Waals surface area (Å²) in [5.41, 5.74) is 0.655. The smallest absolute Gasteiger partial charge is 0.251 e. The summed E-state index contributed by atoms with van der Waals surface area (Å²) in [5, 5.41) is 3.78. The fourth-order valence-corrected chi connectivity index (χ4v) is 3.05. The summed E-state index contributed by atoms with van der Waals surface area (Å²) < 4.78 is 0.971. The van der Waals surface area contributed by atoms with Gasteiger partial charge in [-0.2, -0.15) is 0 Å². The maximum atomic E-state index is 12.2. The van der Waals surface area contributed by atoms with Gasteiger partial charge in [-0.25, -0.2) is 0 Å². The van der Waals surface area contributed by atoms with Crippen LogP contribution in [0.4, 0.5) is 0 Å². The lowest BCUT2D eigenvalue weighted by Gasteiger charge is -2.16. The molecule has 1 aromatic carbocycles. The molecule has 4 heteroatoms. The van der Waals surface area contributed by atoms with E-state index in [0.717, 1.165) is 22.3 Å². The van der Waals surface area contributed by atoms with Gasteiger partial charge in [0.05, 0.1) is 5.02 Å². The van der Waals surface area contributed by atoms with Crippen molar-refractivity contribution in [3.05, 3.63) is 32.4 Å². The van der Waals surface area contributed by atoms with Gasteiger partial charge < -0.3 is 5.32 Å². The summed E-state index contributed by atoms with van der Waals surface area (Å²) in [6, 6.07) is 5.78. The number of amides is 1. The van der Waals surface area contributed by atoms with Crippen molar-refractivity contribution in [3.63, 3.8) is 0 Å². The fourth-order valence-electron chi connectivity index (χ4n) is 2.54. The SMILES string of the molecule is CC1CCCC(NC(=O)c2ccc(I)c(Cl)c2)CC1. The summed E-state index contributed by atoms with van der Waals surface area (Å²) in [5.74, 6) is 0.785. The number of carbonyl (C=O) groups is 1. The first kappa shape index (κ1) is 15.1. The fraction of sp³-hybridized carbons (Fsp3) is 0.533. The number of carbonyl (C=O) groups excluding carboxylic acids is 1. The molecule has 19 heavy (non-hydrogen) atoms. The first-order chi connectivity index (χ1) is 9.06. The van der Waals surface area contributed by atoms with Gasteiger partial charge in [0.1, 0.15) is 0 Å². The molecule has 1 saturated carbocycles. The van der Waals surface area contributed by atoms with E-state index in [1.54, 1.807) is 6.07 Å². The molecule has 2 unspecified atom stereocenters. The molecule has 1 N–H and O–H groups in total. The maximum Gasteiger partial charge on any atom is 0.251 e. The predicted octanol–water partition coefficient (Wildman–Crippen LogP) is 4.64. The molecule has 0 aliphatic heterocycles. The van der Waals surface area contributed by atoms with Crippen LogP contribution in [0, 0.1) is 9.49 Å². The Bertz CT molecular complexity index is 463. The molecule has 1 aromatic rings. The summed E-state index contributed by atoms with van der Waals surface area (Å²) in [6.07, 6.45) is 5.87. The average Bonchev–Trinajstić information content (AvgIpc) is 2.58. The molecule has 0 saturated heterocycles. The minimum Gasteiger partial charge on any atom is -0.349 e. The quantitative estimate of drug-likeness (QED) is 0.577. The molecule has 0 spiro atoms. The summed E-state index contributed by atoms with van der Waals surface area (Å²) in [6.45, 7) is 2.29. The summed E-state index contributed by atoms with van der Waals surface area (Å²) >= 11 is 8.22. The Morgan fingerprint density at radius 2 is 2.11 bits per heavy atom. The Kier molecular flexibility index (Phi) is 5.51. The number of hydrogen-bond acceptors (Lipinski definition) is 1. The Morgan fingerprint density at radius 1 is 1.32 bits per heavy atom. The molecule has 1 amide bonds. The van der Waals surface area contributed by atoms with Gasteiger partial charge in [-0.05, 0) is 66.0 Å². The molecule has 2 atom stereocenters. The van der Waals surface area contributed by atoms with Gasteiger partial charge >= 0.3 is 0 Å². The summed E-state index contributed by atoms with van der Waals surface area (Å²) in [7, 11) is 0. The van der Waals surface area contributed by atoms with Gasteiger partial charge in [0.2, 0.25) is 0 Å². The van der Waals surface area contributed by atoms with E-state index in [1.165, 1.54) is 19.3 Å². The first-order valence-corrected chi connectivity index (χ1v) is 8.28. The van der Waals surface area contributed by atoms with Crippen LogP contribution in [0.2, 0.25) is 5.02 Å². The van der Waals surface area contributed by atoms with Crippen molar-refractivity contribution in [1.29, 1.82) is 0 Å². The average molecular weight is 392 g/mol. The molecule has 104 valence electrons. The number of nitrogens with one attached hydrogen (secondary N) is 1. The highest BCUT2D eigenvalue weighted by atomic mass is 127. The van der Waals surface area contributed by atoms with E-state index in [4.69, 9.17) is 11.6 Å². The van der Waals surface area contributed by atoms with E-state index in [2.05, 4.69) is 34.8 Å².